The summed E-state index contributed by atoms with van der Waals surface area (Å²) in [5.41, 5.74) is 7.23. The van der Waals surface area contributed by atoms with Gasteiger partial charge in [0, 0.05) is 37.9 Å². The third kappa shape index (κ3) is 2.28. The molecule has 0 atom stereocenters. The Morgan fingerprint density at radius 3 is 2.32 bits per heavy atom. The molecule has 1 aromatic heterocycles. The molecule has 1 saturated heterocycles. The number of piperazine rings is 1. The molecule has 2 heterocycles. The number of anilines is 1. The summed E-state index contributed by atoms with van der Waals surface area (Å²) in [4.78, 5) is 3.57. The van der Waals surface area contributed by atoms with Crippen LogP contribution >= 0.6 is 0 Å². The van der Waals surface area contributed by atoms with E-state index in [1.165, 1.54) is 4.90 Å². The molecule has 0 unspecified atom stereocenters. The average molecular weight is 315 g/mol. The monoisotopic (exact) mass is 315 g/mol. The number of hydrogen-bond donors (Lipinski definition) is 1. The molecular formula is C14H20F3N5. The number of rotatable bonds is 3. The maximum absolute atomic E-state index is 12.4. The highest BCUT2D eigenvalue weighted by molar-refractivity contribution is 5.44. The molecule has 3 saturated carbocycles. The van der Waals surface area contributed by atoms with E-state index in [2.05, 4.69) is 10.00 Å². The molecular weight excluding hydrogens is 295 g/mol. The van der Waals surface area contributed by atoms with Crippen molar-refractivity contribution in [1.82, 2.24) is 14.7 Å². The van der Waals surface area contributed by atoms with Crippen LogP contribution in [0.25, 0.3) is 0 Å². The second-order valence-electron chi connectivity index (χ2n) is 7.14. The molecule has 2 N–H and O–H groups in total. The topological polar surface area (TPSA) is 50.3 Å². The Kier molecular flexibility index (Phi) is 2.85. The first-order valence-electron chi connectivity index (χ1n) is 7.65. The standard InChI is InChI=1S/C14H20F3N5/c15-14(16,17)10-20-1-3-21(4-2-20)11-5-19-22(6-11)13-7-12(18,8-13)9-13/h5-6H,1-4,7-10,18H2. The predicted molar refractivity (Wildman–Crippen MR) is 75.7 cm³/mol. The Labute approximate surface area is 126 Å². The molecule has 0 aromatic carbocycles. The van der Waals surface area contributed by atoms with Crippen LogP contribution in [0.2, 0.25) is 0 Å². The van der Waals surface area contributed by atoms with Gasteiger partial charge in [0.05, 0.1) is 24.0 Å². The van der Waals surface area contributed by atoms with E-state index in [4.69, 9.17) is 5.73 Å². The lowest BCUT2D eigenvalue weighted by molar-refractivity contribution is -0.146. The maximum atomic E-state index is 12.4. The van der Waals surface area contributed by atoms with Crippen molar-refractivity contribution in [1.29, 1.82) is 0 Å². The van der Waals surface area contributed by atoms with Crippen LogP contribution in [0.3, 0.4) is 0 Å². The largest absolute Gasteiger partial charge is 0.401 e. The van der Waals surface area contributed by atoms with Crippen LogP contribution in [0, 0.1) is 0 Å². The molecule has 5 nitrogen and oxygen atoms in total. The van der Waals surface area contributed by atoms with Gasteiger partial charge in [-0.1, -0.05) is 0 Å². The number of nitrogens with zero attached hydrogens (tertiary/aromatic N) is 4. The molecule has 5 rings (SSSR count). The Morgan fingerprint density at radius 2 is 1.77 bits per heavy atom. The second-order valence-corrected chi connectivity index (χ2v) is 7.14. The smallest absolute Gasteiger partial charge is 0.366 e. The van der Waals surface area contributed by atoms with Gasteiger partial charge in [-0.15, -0.1) is 0 Å². The Morgan fingerprint density at radius 1 is 1.14 bits per heavy atom. The third-order valence-corrected chi connectivity index (χ3v) is 5.24. The minimum Gasteiger partial charge on any atom is -0.366 e. The molecule has 4 aliphatic rings. The van der Waals surface area contributed by atoms with Crippen LogP contribution in [0.15, 0.2) is 12.4 Å². The number of aromatic nitrogens is 2. The van der Waals surface area contributed by atoms with E-state index >= 15 is 0 Å². The van der Waals surface area contributed by atoms with Crippen LogP contribution in [0.4, 0.5) is 18.9 Å². The minimum atomic E-state index is -4.12. The van der Waals surface area contributed by atoms with E-state index in [-0.39, 0.29) is 11.1 Å². The summed E-state index contributed by atoms with van der Waals surface area (Å²) in [6.07, 6.45) is 2.69. The quantitative estimate of drug-likeness (QED) is 0.909. The van der Waals surface area contributed by atoms with Gasteiger partial charge in [0.15, 0.2) is 0 Å². The summed E-state index contributed by atoms with van der Waals surface area (Å²) >= 11 is 0. The first kappa shape index (κ1) is 14.3. The molecule has 4 fully saturated rings. The highest BCUT2D eigenvalue weighted by Gasteiger charge is 2.67. The van der Waals surface area contributed by atoms with Crippen LogP contribution in [0.5, 0.6) is 0 Å². The molecule has 3 aliphatic carbocycles. The average Bonchev–Trinajstić information content (AvgIpc) is 2.82. The second kappa shape index (κ2) is 4.38. The van der Waals surface area contributed by atoms with Gasteiger partial charge in [-0.25, -0.2) is 0 Å². The summed E-state index contributed by atoms with van der Waals surface area (Å²) in [5, 5.41) is 4.46. The van der Waals surface area contributed by atoms with Crippen LogP contribution in [0.1, 0.15) is 19.3 Å². The molecule has 1 aromatic rings. The van der Waals surface area contributed by atoms with Crippen molar-refractivity contribution in [2.75, 3.05) is 37.6 Å². The first-order valence-corrected chi connectivity index (χ1v) is 7.65. The Bertz CT molecular complexity index is 554. The lowest BCUT2D eigenvalue weighted by atomic mass is 9.45. The number of hydrogen-bond acceptors (Lipinski definition) is 4. The van der Waals surface area contributed by atoms with Gasteiger partial charge in [-0.3, -0.25) is 9.58 Å². The molecule has 122 valence electrons. The summed E-state index contributed by atoms with van der Waals surface area (Å²) < 4.78 is 39.2. The van der Waals surface area contributed by atoms with Crippen molar-refractivity contribution in [3.63, 3.8) is 0 Å². The van der Waals surface area contributed by atoms with Crippen molar-refractivity contribution in [2.45, 2.75) is 36.5 Å². The zero-order valence-corrected chi connectivity index (χ0v) is 12.3. The Hall–Kier alpha value is -1.28. The SMILES string of the molecule is NC12CC(n3cc(N4CCN(CC(F)(F)F)CC4)cn3)(C1)C2. The lowest BCUT2D eigenvalue weighted by Gasteiger charge is -2.68. The van der Waals surface area contributed by atoms with Gasteiger partial charge in [0.2, 0.25) is 0 Å². The van der Waals surface area contributed by atoms with E-state index in [1.807, 2.05) is 17.1 Å². The van der Waals surface area contributed by atoms with E-state index in [0.717, 1.165) is 24.9 Å². The predicted octanol–water partition coefficient (Wildman–Crippen LogP) is 1.16. The summed E-state index contributed by atoms with van der Waals surface area (Å²) in [6, 6.07) is 0. The normalized spacial score (nSPS) is 35.2. The molecule has 0 radical (unpaired) electrons. The van der Waals surface area contributed by atoms with Crippen molar-refractivity contribution in [3.8, 4) is 0 Å². The fourth-order valence-electron chi connectivity index (χ4n) is 4.21. The number of halogens is 3. The molecule has 22 heavy (non-hydrogen) atoms. The summed E-state index contributed by atoms with van der Waals surface area (Å²) in [6.45, 7) is 1.26. The van der Waals surface area contributed by atoms with Gasteiger partial charge in [0.1, 0.15) is 0 Å². The van der Waals surface area contributed by atoms with Crippen molar-refractivity contribution in [2.24, 2.45) is 5.73 Å². The van der Waals surface area contributed by atoms with E-state index < -0.39 is 12.7 Å². The van der Waals surface area contributed by atoms with E-state index in [9.17, 15) is 13.2 Å². The number of nitrogens with two attached hydrogens (primary N) is 1. The molecule has 0 amide bonds. The summed E-state index contributed by atoms with van der Waals surface area (Å²) in [7, 11) is 0. The van der Waals surface area contributed by atoms with Crippen molar-refractivity contribution in [3.05, 3.63) is 12.4 Å². The highest BCUT2D eigenvalue weighted by atomic mass is 19.4. The molecule has 2 bridgehead atoms. The fraction of sp³-hybridized carbons (Fsp3) is 0.786. The zero-order valence-electron chi connectivity index (χ0n) is 12.3. The lowest BCUT2D eigenvalue weighted by Crippen LogP contribution is -2.76. The molecule has 1 aliphatic heterocycles. The van der Waals surface area contributed by atoms with Gasteiger partial charge >= 0.3 is 6.18 Å². The molecule has 0 spiro atoms. The van der Waals surface area contributed by atoms with Gasteiger partial charge in [0.25, 0.3) is 0 Å². The summed E-state index contributed by atoms with van der Waals surface area (Å²) in [5.74, 6) is 0. The zero-order chi connectivity index (χ0) is 15.6. The highest BCUT2D eigenvalue weighted by Crippen LogP contribution is 2.63. The van der Waals surface area contributed by atoms with Gasteiger partial charge in [-0.2, -0.15) is 18.3 Å². The minimum absolute atomic E-state index is 0.0370. The van der Waals surface area contributed by atoms with Crippen molar-refractivity contribution < 1.29 is 13.2 Å². The van der Waals surface area contributed by atoms with E-state index in [0.29, 0.717) is 26.2 Å². The molecule has 8 heteroatoms. The number of alkyl halides is 3. The van der Waals surface area contributed by atoms with E-state index in [1.54, 1.807) is 0 Å². The first-order chi connectivity index (χ1) is 10.3. The Balaban J connectivity index is 1.36. The third-order valence-electron chi connectivity index (χ3n) is 5.24. The maximum Gasteiger partial charge on any atom is 0.401 e. The van der Waals surface area contributed by atoms with Crippen LogP contribution in [-0.4, -0.2) is 59.1 Å². The van der Waals surface area contributed by atoms with Crippen LogP contribution in [-0.2, 0) is 5.54 Å². The fourth-order valence-corrected chi connectivity index (χ4v) is 4.21. The van der Waals surface area contributed by atoms with Gasteiger partial charge < -0.3 is 10.6 Å². The van der Waals surface area contributed by atoms with Crippen molar-refractivity contribution >= 4 is 5.69 Å². The van der Waals surface area contributed by atoms with Crippen LogP contribution < -0.4 is 10.6 Å². The van der Waals surface area contributed by atoms with Gasteiger partial charge in [-0.05, 0) is 19.3 Å².